The van der Waals surface area contributed by atoms with E-state index in [2.05, 4.69) is 0 Å². The van der Waals surface area contributed by atoms with Crippen LogP contribution in [0.4, 0.5) is 5.69 Å². The Hall–Kier alpha value is -3.45. The highest BCUT2D eigenvalue weighted by Gasteiger charge is 2.31. The second-order valence-electron chi connectivity index (χ2n) is 7.85. The van der Waals surface area contributed by atoms with Gasteiger partial charge in [0.25, 0.3) is 11.7 Å². The SMILES string of the molecule is O=C(C(=O)N1CCc2ccccc21)c1cn(CC(=O)N2CCOCC2)c2ccccc12. The summed E-state index contributed by atoms with van der Waals surface area (Å²) in [6.45, 7) is 2.82. The van der Waals surface area contributed by atoms with Crippen molar-refractivity contribution in [2.75, 3.05) is 37.7 Å². The average Bonchev–Trinajstić information content (AvgIpc) is 3.41. The smallest absolute Gasteiger partial charge is 0.299 e. The van der Waals surface area contributed by atoms with Gasteiger partial charge < -0.3 is 19.1 Å². The first kappa shape index (κ1) is 19.5. The van der Waals surface area contributed by atoms with Crippen LogP contribution in [-0.2, 0) is 27.3 Å². The normalized spacial score (nSPS) is 15.9. The van der Waals surface area contributed by atoms with E-state index in [1.807, 2.05) is 48.5 Å². The lowest BCUT2D eigenvalue weighted by Gasteiger charge is -2.27. The Morgan fingerprint density at radius 1 is 0.903 bits per heavy atom. The number of benzene rings is 2. The summed E-state index contributed by atoms with van der Waals surface area (Å²) in [5, 5.41) is 0.683. The minimum atomic E-state index is -0.550. The fraction of sp³-hybridized carbons (Fsp3) is 0.292. The third-order valence-corrected chi connectivity index (χ3v) is 6.03. The van der Waals surface area contributed by atoms with Gasteiger partial charge in [-0.2, -0.15) is 0 Å². The van der Waals surface area contributed by atoms with Gasteiger partial charge in [0, 0.05) is 42.4 Å². The maximum absolute atomic E-state index is 13.2. The van der Waals surface area contributed by atoms with E-state index in [1.54, 1.807) is 20.6 Å². The van der Waals surface area contributed by atoms with Gasteiger partial charge in [0.2, 0.25) is 5.91 Å². The van der Waals surface area contributed by atoms with Crippen molar-refractivity contribution in [2.24, 2.45) is 0 Å². The number of nitrogens with zero attached hydrogens (tertiary/aromatic N) is 3. The van der Waals surface area contributed by atoms with Gasteiger partial charge in [-0.05, 0) is 24.1 Å². The first-order valence-corrected chi connectivity index (χ1v) is 10.5. The van der Waals surface area contributed by atoms with Gasteiger partial charge in [0.05, 0.1) is 18.8 Å². The molecule has 1 saturated heterocycles. The van der Waals surface area contributed by atoms with Gasteiger partial charge in [0.15, 0.2) is 0 Å². The number of carbonyl (C=O) groups is 3. The third-order valence-electron chi connectivity index (χ3n) is 6.03. The third kappa shape index (κ3) is 3.51. The molecule has 2 amide bonds. The minimum Gasteiger partial charge on any atom is -0.378 e. The van der Waals surface area contributed by atoms with Crippen molar-refractivity contribution in [2.45, 2.75) is 13.0 Å². The standard InChI is InChI=1S/C24H23N3O4/c28-22(25-11-13-31-14-12-25)16-26-15-19(18-6-2-4-8-21(18)26)23(29)24(30)27-10-9-17-5-1-3-7-20(17)27/h1-8,15H,9-14,16H2. The number of aromatic nitrogens is 1. The molecule has 5 rings (SSSR count). The van der Waals surface area contributed by atoms with Crippen LogP contribution in [0, 0.1) is 0 Å². The van der Waals surface area contributed by atoms with Crippen LogP contribution >= 0.6 is 0 Å². The Morgan fingerprint density at radius 3 is 2.48 bits per heavy atom. The predicted molar refractivity (Wildman–Crippen MR) is 116 cm³/mol. The maximum Gasteiger partial charge on any atom is 0.299 e. The summed E-state index contributed by atoms with van der Waals surface area (Å²) in [5.41, 5.74) is 2.97. The van der Waals surface area contributed by atoms with Crippen LogP contribution in [0.25, 0.3) is 10.9 Å². The zero-order valence-corrected chi connectivity index (χ0v) is 17.1. The summed E-state index contributed by atoms with van der Waals surface area (Å²) in [5.74, 6) is -1.11. The van der Waals surface area contributed by atoms with Crippen molar-refractivity contribution in [3.63, 3.8) is 0 Å². The predicted octanol–water partition coefficient (Wildman–Crippen LogP) is 2.27. The number of para-hydroxylation sites is 2. The van der Waals surface area contributed by atoms with Crippen molar-refractivity contribution in [1.29, 1.82) is 0 Å². The quantitative estimate of drug-likeness (QED) is 0.482. The van der Waals surface area contributed by atoms with Crippen molar-refractivity contribution >= 4 is 34.2 Å². The molecule has 0 radical (unpaired) electrons. The van der Waals surface area contributed by atoms with Crippen molar-refractivity contribution in [3.8, 4) is 0 Å². The molecule has 0 N–H and O–H groups in total. The molecule has 2 aliphatic rings. The van der Waals surface area contributed by atoms with Crippen molar-refractivity contribution in [1.82, 2.24) is 9.47 Å². The summed E-state index contributed by atoms with van der Waals surface area (Å²) in [7, 11) is 0. The summed E-state index contributed by atoms with van der Waals surface area (Å²) < 4.78 is 7.09. The van der Waals surface area contributed by atoms with Gasteiger partial charge in [-0.25, -0.2) is 0 Å². The lowest BCUT2D eigenvalue weighted by atomic mass is 10.1. The molecule has 0 saturated carbocycles. The van der Waals surface area contributed by atoms with Gasteiger partial charge >= 0.3 is 0 Å². The summed E-state index contributed by atoms with van der Waals surface area (Å²) >= 11 is 0. The van der Waals surface area contributed by atoms with Crippen LogP contribution in [0.3, 0.4) is 0 Å². The first-order chi connectivity index (χ1) is 15.1. The number of Topliss-reactive ketones (excluding diaryl/α,β-unsaturated/α-hetero) is 1. The second-order valence-corrected chi connectivity index (χ2v) is 7.85. The molecule has 3 heterocycles. The number of anilines is 1. The molecule has 0 aliphatic carbocycles. The van der Waals surface area contributed by atoms with Crippen LogP contribution in [0.15, 0.2) is 54.7 Å². The number of morpholine rings is 1. The number of hydrogen-bond acceptors (Lipinski definition) is 4. The molecule has 7 heteroatoms. The van der Waals surface area contributed by atoms with Gasteiger partial charge in [-0.3, -0.25) is 14.4 Å². The molecule has 2 aromatic carbocycles. The second kappa shape index (κ2) is 8.00. The number of carbonyl (C=O) groups excluding carboxylic acids is 3. The van der Waals surface area contributed by atoms with E-state index in [4.69, 9.17) is 4.74 Å². The van der Waals surface area contributed by atoms with E-state index in [0.717, 1.165) is 23.2 Å². The van der Waals surface area contributed by atoms with E-state index in [1.165, 1.54) is 0 Å². The van der Waals surface area contributed by atoms with E-state index < -0.39 is 11.7 Å². The zero-order valence-electron chi connectivity index (χ0n) is 17.1. The molecule has 0 bridgehead atoms. The van der Waals surface area contributed by atoms with Gasteiger partial charge in [-0.1, -0.05) is 36.4 Å². The van der Waals surface area contributed by atoms with Crippen LogP contribution in [0.2, 0.25) is 0 Å². The Bertz CT molecular complexity index is 1180. The van der Waals surface area contributed by atoms with Crippen molar-refractivity contribution in [3.05, 3.63) is 65.9 Å². The molecule has 7 nitrogen and oxygen atoms in total. The van der Waals surface area contributed by atoms with Crippen LogP contribution in [-0.4, -0.2) is 59.9 Å². The Labute approximate surface area is 179 Å². The largest absolute Gasteiger partial charge is 0.378 e. The number of amides is 2. The Balaban J connectivity index is 1.44. The highest BCUT2D eigenvalue weighted by Crippen LogP contribution is 2.29. The van der Waals surface area contributed by atoms with E-state index >= 15 is 0 Å². The molecule has 3 aromatic rings. The van der Waals surface area contributed by atoms with Crippen LogP contribution in [0.5, 0.6) is 0 Å². The van der Waals surface area contributed by atoms with E-state index in [0.29, 0.717) is 43.8 Å². The molecular weight excluding hydrogens is 394 g/mol. The fourth-order valence-electron chi connectivity index (χ4n) is 4.40. The monoisotopic (exact) mass is 417 g/mol. The fourth-order valence-corrected chi connectivity index (χ4v) is 4.40. The zero-order chi connectivity index (χ0) is 21.4. The summed E-state index contributed by atoms with van der Waals surface area (Å²) in [6.07, 6.45) is 2.39. The minimum absolute atomic E-state index is 0.0251. The molecule has 0 atom stereocenters. The number of hydrogen-bond donors (Lipinski definition) is 0. The van der Waals surface area contributed by atoms with E-state index in [9.17, 15) is 14.4 Å². The molecular formula is C24H23N3O4. The lowest BCUT2D eigenvalue weighted by Crippen LogP contribution is -2.42. The molecule has 1 aromatic heterocycles. The molecule has 2 aliphatic heterocycles. The van der Waals surface area contributed by atoms with Crippen LogP contribution in [0.1, 0.15) is 15.9 Å². The number of ether oxygens (including phenoxy) is 1. The highest BCUT2D eigenvalue weighted by atomic mass is 16.5. The molecule has 31 heavy (non-hydrogen) atoms. The Kier molecular flexibility index (Phi) is 5.03. The maximum atomic E-state index is 13.2. The van der Waals surface area contributed by atoms with Gasteiger partial charge in [-0.15, -0.1) is 0 Å². The average molecular weight is 417 g/mol. The number of rotatable bonds is 4. The Morgan fingerprint density at radius 2 is 1.65 bits per heavy atom. The molecule has 158 valence electrons. The summed E-state index contributed by atoms with van der Waals surface area (Å²) in [6, 6.07) is 15.1. The van der Waals surface area contributed by atoms with Crippen LogP contribution < -0.4 is 4.90 Å². The topological polar surface area (TPSA) is 71.9 Å². The molecule has 0 spiro atoms. The number of ketones is 1. The molecule has 0 unspecified atom stereocenters. The lowest BCUT2D eigenvalue weighted by molar-refractivity contribution is -0.135. The summed E-state index contributed by atoms with van der Waals surface area (Å²) in [4.78, 5) is 42.4. The number of fused-ring (bicyclic) bond motifs is 2. The highest BCUT2D eigenvalue weighted by molar-refractivity contribution is 6.49. The molecule has 1 fully saturated rings. The van der Waals surface area contributed by atoms with E-state index in [-0.39, 0.29) is 12.5 Å². The van der Waals surface area contributed by atoms with Gasteiger partial charge in [0.1, 0.15) is 6.54 Å². The van der Waals surface area contributed by atoms with Crippen molar-refractivity contribution < 1.29 is 19.1 Å². The first-order valence-electron chi connectivity index (χ1n) is 10.5.